The molecule has 0 fully saturated rings. The van der Waals surface area contributed by atoms with Gasteiger partial charge in [-0.2, -0.15) is 0 Å². The fourth-order valence-corrected chi connectivity index (χ4v) is 2.04. The summed E-state index contributed by atoms with van der Waals surface area (Å²) in [7, 11) is 1.86. The van der Waals surface area contributed by atoms with E-state index in [-0.39, 0.29) is 17.9 Å². The molecule has 6 nitrogen and oxygen atoms in total. The lowest BCUT2D eigenvalue weighted by atomic mass is 10.1. The van der Waals surface area contributed by atoms with E-state index in [1.165, 1.54) is 0 Å². The molecule has 1 amide bonds. The average molecular weight is 277 g/mol. The summed E-state index contributed by atoms with van der Waals surface area (Å²) in [6.07, 6.45) is -0.674. The molecular formula is C14H19N3O3. The van der Waals surface area contributed by atoms with Crippen molar-refractivity contribution in [2.45, 2.75) is 26.0 Å². The number of alkyl carbamates (subject to hydrolysis) is 1. The lowest BCUT2D eigenvalue weighted by Crippen LogP contribution is -2.41. The zero-order valence-electron chi connectivity index (χ0n) is 11.8. The van der Waals surface area contributed by atoms with Crippen LogP contribution in [0, 0.1) is 0 Å². The van der Waals surface area contributed by atoms with Crippen molar-refractivity contribution in [2.24, 2.45) is 4.99 Å². The molecule has 0 saturated heterocycles. The molecule has 20 heavy (non-hydrogen) atoms. The first-order valence-electron chi connectivity index (χ1n) is 6.51. The number of benzene rings is 1. The molecule has 6 heteroatoms. The molecule has 1 aromatic carbocycles. The Kier molecular flexibility index (Phi) is 4.12. The van der Waals surface area contributed by atoms with Gasteiger partial charge in [0.25, 0.3) is 0 Å². The minimum atomic E-state index is -0.503. The van der Waals surface area contributed by atoms with Crippen molar-refractivity contribution < 1.29 is 14.6 Å². The number of aliphatic imine (C=N–C) groups is 1. The topological polar surface area (TPSA) is 74.2 Å². The van der Waals surface area contributed by atoms with E-state index >= 15 is 0 Å². The van der Waals surface area contributed by atoms with Crippen molar-refractivity contribution in [3.05, 3.63) is 29.8 Å². The highest BCUT2D eigenvalue weighted by atomic mass is 16.6. The number of guanidine groups is 1. The second-order valence-corrected chi connectivity index (χ2v) is 4.96. The zero-order chi connectivity index (χ0) is 14.7. The van der Waals surface area contributed by atoms with Crippen LogP contribution in [-0.2, 0) is 4.74 Å². The third-order valence-corrected chi connectivity index (χ3v) is 3.05. The Labute approximate surface area is 118 Å². The molecule has 1 aliphatic rings. The number of amides is 1. The second-order valence-electron chi connectivity index (χ2n) is 4.96. The largest absolute Gasteiger partial charge is 0.508 e. The zero-order valence-corrected chi connectivity index (χ0v) is 11.8. The Morgan fingerprint density at radius 2 is 2.10 bits per heavy atom. The maximum absolute atomic E-state index is 11.6. The van der Waals surface area contributed by atoms with Crippen molar-refractivity contribution >= 4 is 12.1 Å². The first-order chi connectivity index (χ1) is 9.47. The Balaban J connectivity index is 1.99. The number of carbonyl (C=O) groups is 1. The van der Waals surface area contributed by atoms with Gasteiger partial charge in [-0.1, -0.05) is 12.1 Å². The van der Waals surface area contributed by atoms with Gasteiger partial charge in [0.05, 0.1) is 18.7 Å². The van der Waals surface area contributed by atoms with Crippen LogP contribution in [0.4, 0.5) is 4.79 Å². The van der Waals surface area contributed by atoms with Gasteiger partial charge in [-0.25, -0.2) is 4.79 Å². The van der Waals surface area contributed by atoms with E-state index in [1.54, 1.807) is 26.0 Å². The summed E-state index contributed by atoms with van der Waals surface area (Å²) in [4.78, 5) is 17.8. The molecule has 0 spiro atoms. The Hall–Kier alpha value is -2.24. The molecule has 0 aromatic heterocycles. The van der Waals surface area contributed by atoms with Gasteiger partial charge >= 0.3 is 6.09 Å². The molecule has 1 unspecified atom stereocenters. The minimum Gasteiger partial charge on any atom is -0.508 e. The lowest BCUT2D eigenvalue weighted by molar-refractivity contribution is 0.119. The fourth-order valence-electron chi connectivity index (χ4n) is 2.04. The van der Waals surface area contributed by atoms with E-state index in [0.29, 0.717) is 12.5 Å². The van der Waals surface area contributed by atoms with Crippen LogP contribution >= 0.6 is 0 Å². The predicted octanol–water partition coefficient (Wildman–Crippen LogP) is 1.87. The predicted molar refractivity (Wildman–Crippen MR) is 75.7 cm³/mol. The van der Waals surface area contributed by atoms with Crippen molar-refractivity contribution in [3.63, 3.8) is 0 Å². The summed E-state index contributed by atoms with van der Waals surface area (Å²) in [5.41, 5.74) is 1.03. The number of carbonyl (C=O) groups excluding carboxylic acids is 1. The molecule has 1 atom stereocenters. The van der Waals surface area contributed by atoms with Gasteiger partial charge in [0.2, 0.25) is 5.96 Å². The number of hydrogen-bond acceptors (Lipinski definition) is 5. The number of nitrogens with one attached hydrogen (secondary N) is 1. The van der Waals surface area contributed by atoms with Crippen molar-refractivity contribution in [1.82, 2.24) is 10.2 Å². The van der Waals surface area contributed by atoms with Crippen LogP contribution in [0.25, 0.3) is 0 Å². The van der Waals surface area contributed by atoms with Gasteiger partial charge in [-0.15, -0.1) is 0 Å². The highest BCUT2D eigenvalue weighted by molar-refractivity contribution is 5.95. The summed E-state index contributed by atoms with van der Waals surface area (Å²) < 4.78 is 5.03. The van der Waals surface area contributed by atoms with Crippen LogP contribution in [0.3, 0.4) is 0 Å². The van der Waals surface area contributed by atoms with E-state index in [0.717, 1.165) is 5.56 Å². The van der Waals surface area contributed by atoms with Gasteiger partial charge < -0.3 is 14.7 Å². The van der Waals surface area contributed by atoms with Crippen LogP contribution in [0.1, 0.15) is 25.5 Å². The summed E-state index contributed by atoms with van der Waals surface area (Å²) in [6, 6.07) is 7.02. The molecule has 0 bridgehead atoms. The smallest absolute Gasteiger partial charge is 0.414 e. The Morgan fingerprint density at radius 3 is 2.70 bits per heavy atom. The fraction of sp³-hybridized carbons (Fsp3) is 0.429. The number of hydrogen-bond donors (Lipinski definition) is 2. The molecule has 0 aliphatic carbocycles. The number of ether oxygens (including phenoxy) is 1. The second kappa shape index (κ2) is 5.81. The van der Waals surface area contributed by atoms with E-state index in [4.69, 9.17) is 4.74 Å². The summed E-state index contributed by atoms with van der Waals surface area (Å²) >= 11 is 0. The van der Waals surface area contributed by atoms with Crippen molar-refractivity contribution in [2.75, 3.05) is 13.6 Å². The van der Waals surface area contributed by atoms with Gasteiger partial charge in [-0.05, 0) is 31.5 Å². The number of aromatic hydroxyl groups is 1. The molecule has 1 heterocycles. The molecule has 108 valence electrons. The Bertz CT molecular complexity index is 511. The third kappa shape index (κ3) is 3.20. The van der Waals surface area contributed by atoms with E-state index in [9.17, 15) is 9.90 Å². The van der Waals surface area contributed by atoms with Crippen LogP contribution in [0.15, 0.2) is 29.3 Å². The maximum Gasteiger partial charge on any atom is 0.414 e. The maximum atomic E-state index is 11.6. The lowest BCUT2D eigenvalue weighted by Gasteiger charge is -2.23. The van der Waals surface area contributed by atoms with E-state index < -0.39 is 6.09 Å². The highest BCUT2D eigenvalue weighted by Crippen LogP contribution is 2.25. The van der Waals surface area contributed by atoms with Gasteiger partial charge in [0, 0.05) is 7.05 Å². The van der Waals surface area contributed by atoms with E-state index in [1.807, 2.05) is 24.1 Å². The van der Waals surface area contributed by atoms with Crippen LogP contribution in [-0.4, -0.2) is 41.8 Å². The SMILES string of the molecule is CC(C)OC(=O)NC1=NCC(c2ccc(O)cc2)N1C. The Morgan fingerprint density at radius 1 is 1.45 bits per heavy atom. The number of likely N-dealkylation sites (N-methyl/N-ethyl adjacent to an activating group) is 1. The van der Waals surface area contributed by atoms with Gasteiger partial charge in [0.1, 0.15) is 5.75 Å². The molecule has 0 saturated carbocycles. The van der Waals surface area contributed by atoms with E-state index in [2.05, 4.69) is 10.3 Å². The third-order valence-electron chi connectivity index (χ3n) is 3.05. The normalized spacial score (nSPS) is 18.1. The molecule has 2 rings (SSSR count). The quantitative estimate of drug-likeness (QED) is 0.865. The summed E-state index contributed by atoms with van der Waals surface area (Å²) in [6.45, 7) is 4.14. The first-order valence-corrected chi connectivity index (χ1v) is 6.51. The number of phenols is 1. The molecule has 0 radical (unpaired) electrons. The number of nitrogens with zero attached hydrogens (tertiary/aromatic N) is 2. The minimum absolute atomic E-state index is 0.0462. The van der Waals surface area contributed by atoms with Crippen molar-refractivity contribution in [1.29, 1.82) is 0 Å². The molecule has 2 N–H and O–H groups in total. The number of phenolic OH excluding ortho intramolecular Hbond substituents is 1. The van der Waals surface area contributed by atoms with Gasteiger partial charge in [0.15, 0.2) is 0 Å². The summed E-state index contributed by atoms with van der Waals surface area (Å²) in [5, 5.41) is 11.9. The number of rotatable bonds is 2. The van der Waals surface area contributed by atoms with Crippen LogP contribution < -0.4 is 5.32 Å². The summed E-state index contributed by atoms with van der Waals surface area (Å²) in [5.74, 6) is 0.725. The monoisotopic (exact) mass is 277 g/mol. The highest BCUT2D eigenvalue weighted by Gasteiger charge is 2.27. The van der Waals surface area contributed by atoms with Crippen LogP contribution in [0.5, 0.6) is 5.75 Å². The van der Waals surface area contributed by atoms with Crippen LogP contribution in [0.2, 0.25) is 0 Å². The van der Waals surface area contributed by atoms with Gasteiger partial charge in [-0.3, -0.25) is 10.3 Å². The molecule has 1 aromatic rings. The molecular weight excluding hydrogens is 258 g/mol. The average Bonchev–Trinajstić information content (AvgIpc) is 2.71. The molecule has 1 aliphatic heterocycles. The first kappa shape index (κ1) is 14.2. The van der Waals surface area contributed by atoms with Crippen molar-refractivity contribution in [3.8, 4) is 5.75 Å². The standard InChI is InChI=1S/C14H19N3O3/c1-9(2)20-14(19)16-13-15-8-12(17(13)3)10-4-6-11(18)7-5-10/h4-7,9,12,18H,8H2,1-3H3,(H,15,16,19).